The molecule has 1 atom stereocenters. The SMILES string of the molecule is CC[C@H](NCl)c1cccc(C(C)C)c1. The van der Waals surface area contributed by atoms with Crippen molar-refractivity contribution in [2.24, 2.45) is 0 Å². The standard InChI is InChI=1S/C12H18ClN/c1-4-12(14-13)11-7-5-6-10(8-11)9(2)3/h5-9,12,14H,4H2,1-3H3/t12-/m0/s1. The second-order valence-electron chi connectivity index (χ2n) is 3.89. The first-order chi connectivity index (χ1) is 6.69. The van der Waals surface area contributed by atoms with E-state index >= 15 is 0 Å². The van der Waals surface area contributed by atoms with Crippen LogP contribution in [0.5, 0.6) is 0 Å². The molecule has 78 valence electrons. The van der Waals surface area contributed by atoms with Gasteiger partial charge in [-0.2, -0.15) is 0 Å². The Balaban J connectivity index is 2.92. The molecule has 14 heavy (non-hydrogen) atoms. The maximum absolute atomic E-state index is 5.68. The zero-order valence-corrected chi connectivity index (χ0v) is 9.81. The molecule has 0 aliphatic heterocycles. The minimum absolute atomic E-state index is 0.260. The predicted molar refractivity (Wildman–Crippen MR) is 62.6 cm³/mol. The van der Waals surface area contributed by atoms with Crippen molar-refractivity contribution in [1.29, 1.82) is 0 Å². The highest BCUT2D eigenvalue weighted by Gasteiger charge is 2.08. The van der Waals surface area contributed by atoms with Crippen LogP contribution >= 0.6 is 11.8 Å². The monoisotopic (exact) mass is 211 g/mol. The predicted octanol–water partition coefficient (Wildman–Crippen LogP) is 4.00. The fraction of sp³-hybridized carbons (Fsp3) is 0.500. The Kier molecular flexibility index (Phi) is 4.43. The molecule has 0 spiro atoms. The molecule has 0 bridgehead atoms. The molecule has 1 aromatic carbocycles. The summed E-state index contributed by atoms with van der Waals surface area (Å²) >= 11 is 5.68. The fourth-order valence-electron chi connectivity index (χ4n) is 1.51. The Hall–Kier alpha value is -0.530. The lowest BCUT2D eigenvalue weighted by Gasteiger charge is -2.14. The molecule has 1 N–H and O–H groups in total. The zero-order valence-electron chi connectivity index (χ0n) is 9.05. The Morgan fingerprint density at radius 2 is 1.93 bits per heavy atom. The van der Waals surface area contributed by atoms with Crippen molar-refractivity contribution in [3.05, 3.63) is 35.4 Å². The van der Waals surface area contributed by atoms with Crippen LogP contribution in [0.2, 0.25) is 0 Å². The van der Waals surface area contributed by atoms with E-state index in [2.05, 4.69) is 49.9 Å². The van der Waals surface area contributed by atoms with Crippen molar-refractivity contribution < 1.29 is 0 Å². The average Bonchev–Trinajstić information content (AvgIpc) is 2.20. The van der Waals surface area contributed by atoms with Gasteiger partial charge in [0.2, 0.25) is 0 Å². The van der Waals surface area contributed by atoms with Crippen LogP contribution in [0.4, 0.5) is 0 Å². The first-order valence-electron chi connectivity index (χ1n) is 5.15. The lowest BCUT2D eigenvalue weighted by atomic mass is 9.97. The Morgan fingerprint density at radius 3 is 2.43 bits per heavy atom. The van der Waals surface area contributed by atoms with E-state index < -0.39 is 0 Å². The van der Waals surface area contributed by atoms with Gasteiger partial charge in [-0.05, 0) is 35.2 Å². The van der Waals surface area contributed by atoms with Gasteiger partial charge in [-0.15, -0.1) is 0 Å². The van der Waals surface area contributed by atoms with Gasteiger partial charge in [0.15, 0.2) is 0 Å². The van der Waals surface area contributed by atoms with E-state index in [9.17, 15) is 0 Å². The first kappa shape index (κ1) is 11.5. The van der Waals surface area contributed by atoms with E-state index in [0.717, 1.165) is 6.42 Å². The minimum Gasteiger partial charge on any atom is -0.226 e. The lowest BCUT2D eigenvalue weighted by molar-refractivity contribution is 0.643. The number of hydrogen-bond donors (Lipinski definition) is 1. The van der Waals surface area contributed by atoms with E-state index in [4.69, 9.17) is 11.8 Å². The Bertz CT molecular complexity index is 279. The van der Waals surface area contributed by atoms with E-state index in [1.807, 2.05) is 0 Å². The van der Waals surface area contributed by atoms with Crippen LogP contribution in [0, 0.1) is 0 Å². The molecule has 0 saturated heterocycles. The van der Waals surface area contributed by atoms with E-state index in [0.29, 0.717) is 5.92 Å². The summed E-state index contributed by atoms with van der Waals surface area (Å²) in [5, 5.41) is 0. The summed E-state index contributed by atoms with van der Waals surface area (Å²) < 4.78 is 0. The first-order valence-corrected chi connectivity index (χ1v) is 5.52. The molecular weight excluding hydrogens is 194 g/mol. The second-order valence-corrected chi connectivity index (χ2v) is 4.11. The van der Waals surface area contributed by atoms with Crippen LogP contribution in [-0.2, 0) is 0 Å². The maximum Gasteiger partial charge on any atom is 0.0467 e. The quantitative estimate of drug-likeness (QED) is 0.743. The summed E-state index contributed by atoms with van der Waals surface area (Å²) in [6, 6.07) is 8.87. The van der Waals surface area contributed by atoms with Crippen molar-refractivity contribution in [1.82, 2.24) is 4.84 Å². The molecule has 2 heteroatoms. The zero-order chi connectivity index (χ0) is 10.6. The molecular formula is C12H18ClN. The van der Waals surface area contributed by atoms with Gasteiger partial charge in [0.1, 0.15) is 0 Å². The van der Waals surface area contributed by atoms with Crippen molar-refractivity contribution in [2.45, 2.75) is 39.2 Å². The lowest BCUT2D eigenvalue weighted by Crippen LogP contribution is -2.10. The van der Waals surface area contributed by atoms with E-state index in [-0.39, 0.29) is 6.04 Å². The third-order valence-electron chi connectivity index (χ3n) is 2.52. The van der Waals surface area contributed by atoms with Gasteiger partial charge in [-0.3, -0.25) is 0 Å². The smallest absolute Gasteiger partial charge is 0.0467 e. The van der Waals surface area contributed by atoms with Gasteiger partial charge in [-0.25, -0.2) is 4.84 Å². The summed E-state index contributed by atoms with van der Waals surface area (Å²) in [5.74, 6) is 0.572. The Morgan fingerprint density at radius 1 is 1.29 bits per heavy atom. The highest BCUT2D eigenvalue weighted by atomic mass is 35.5. The van der Waals surface area contributed by atoms with Crippen molar-refractivity contribution in [2.75, 3.05) is 0 Å². The van der Waals surface area contributed by atoms with Gasteiger partial charge < -0.3 is 0 Å². The van der Waals surface area contributed by atoms with Crippen molar-refractivity contribution >= 4 is 11.8 Å². The van der Waals surface area contributed by atoms with Crippen LogP contribution in [0.1, 0.15) is 50.3 Å². The Labute approximate surface area is 91.6 Å². The molecule has 0 amide bonds. The molecule has 0 aliphatic carbocycles. The van der Waals surface area contributed by atoms with Crippen LogP contribution < -0.4 is 4.84 Å². The van der Waals surface area contributed by atoms with Gasteiger partial charge in [0.05, 0.1) is 0 Å². The van der Waals surface area contributed by atoms with E-state index in [1.165, 1.54) is 11.1 Å². The van der Waals surface area contributed by atoms with Crippen LogP contribution in [0.3, 0.4) is 0 Å². The molecule has 0 fully saturated rings. The van der Waals surface area contributed by atoms with Gasteiger partial charge in [-0.1, -0.05) is 45.0 Å². The third kappa shape index (κ3) is 2.73. The van der Waals surface area contributed by atoms with Crippen molar-refractivity contribution in [3.8, 4) is 0 Å². The van der Waals surface area contributed by atoms with Gasteiger partial charge in [0, 0.05) is 6.04 Å². The third-order valence-corrected chi connectivity index (χ3v) is 2.78. The van der Waals surface area contributed by atoms with E-state index in [1.54, 1.807) is 0 Å². The summed E-state index contributed by atoms with van der Waals surface area (Å²) in [6.45, 7) is 6.53. The summed E-state index contributed by atoms with van der Waals surface area (Å²) in [7, 11) is 0. The molecule has 0 radical (unpaired) electrons. The number of rotatable bonds is 4. The topological polar surface area (TPSA) is 12.0 Å². The number of halogens is 1. The molecule has 0 unspecified atom stereocenters. The highest BCUT2D eigenvalue weighted by molar-refractivity contribution is 6.13. The second kappa shape index (κ2) is 5.38. The van der Waals surface area contributed by atoms with Crippen LogP contribution in [0.25, 0.3) is 0 Å². The molecule has 0 heterocycles. The molecule has 0 saturated carbocycles. The molecule has 1 rings (SSSR count). The number of benzene rings is 1. The van der Waals surface area contributed by atoms with Gasteiger partial charge in [0.25, 0.3) is 0 Å². The molecule has 0 aromatic heterocycles. The van der Waals surface area contributed by atoms with Gasteiger partial charge >= 0.3 is 0 Å². The van der Waals surface area contributed by atoms with Crippen LogP contribution in [-0.4, -0.2) is 0 Å². The van der Waals surface area contributed by atoms with Crippen LogP contribution in [0.15, 0.2) is 24.3 Å². The molecule has 1 aromatic rings. The minimum atomic E-state index is 0.260. The van der Waals surface area contributed by atoms with Crippen molar-refractivity contribution in [3.63, 3.8) is 0 Å². The highest BCUT2D eigenvalue weighted by Crippen LogP contribution is 2.22. The number of nitrogens with one attached hydrogen (secondary N) is 1. The average molecular weight is 212 g/mol. The largest absolute Gasteiger partial charge is 0.226 e. The maximum atomic E-state index is 5.68. The molecule has 1 nitrogen and oxygen atoms in total. The summed E-state index contributed by atoms with van der Waals surface area (Å²) in [6.07, 6.45) is 1.01. The number of hydrogen-bond acceptors (Lipinski definition) is 1. The summed E-state index contributed by atoms with van der Waals surface area (Å²) in [5.41, 5.74) is 2.64. The molecule has 0 aliphatic rings. The normalized spacial score (nSPS) is 13.2. The summed E-state index contributed by atoms with van der Waals surface area (Å²) in [4.78, 5) is 2.81. The fourth-order valence-corrected chi connectivity index (χ4v) is 1.79.